The highest BCUT2D eigenvalue weighted by Crippen LogP contribution is 2.31. The van der Waals surface area contributed by atoms with Crippen LogP contribution in [0.25, 0.3) is 6.08 Å². The predicted molar refractivity (Wildman–Crippen MR) is 84.7 cm³/mol. The van der Waals surface area contributed by atoms with Crippen LogP contribution in [0.1, 0.15) is 11.3 Å². The summed E-state index contributed by atoms with van der Waals surface area (Å²) >= 11 is 0. The first-order valence-corrected chi connectivity index (χ1v) is 6.63. The number of nitrogens with zero attached hydrogens (tertiary/aromatic N) is 1. The Balaban J connectivity index is 2.04. The van der Waals surface area contributed by atoms with Gasteiger partial charge in [-0.1, -0.05) is 0 Å². The van der Waals surface area contributed by atoms with Gasteiger partial charge in [0.2, 0.25) is 0 Å². The van der Waals surface area contributed by atoms with Crippen LogP contribution in [0.5, 0.6) is 17.2 Å². The maximum Gasteiger partial charge on any atom is 0.264 e. The summed E-state index contributed by atoms with van der Waals surface area (Å²) in [7, 11) is 2.93. The lowest BCUT2D eigenvalue weighted by Crippen LogP contribution is -2.14. The minimum absolute atomic E-state index is 0.0784. The Kier molecular flexibility index (Phi) is 5.40. The van der Waals surface area contributed by atoms with Gasteiger partial charge in [-0.05, 0) is 18.2 Å². The van der Waals surface area contributed by atoms with E-state index in [4.69, 9.17) is 13.9 Å². The summed E-state index contributed by atoms with van der Waals surface area (Å²) in [6.45, 7) is 0. The molecule has 0 fully saturated rings. The van der Waals surface area contributed by atoms with Gasteiger partial charge in [0.25, 0.3) is 5.91 Å². The lowest BCUT2D eigenvalue weighted by atomic mass is 10.2. The number of carbonyl (C=O) groups excluding carboxylic acids is 1. The lowest BCUT2D eigenvalue weighted by Gasteiger charge is -2.09. The number of aromatic hydroxyl groups is 1. The molecule has 2 rings (SSSR count). The largest absolute Gasteiger partial charge is 0.507 e. The van der Waals surface area contributed by atoms with Crippen LogP contribution in [-0.2, 0) is 4.79 Å². The first kappa shape index (κ1) is 16.2. The molecule has 0 atom stereocenters. The number of hydrogen-bond donors (Lipinski definition) is 2. The molecule has 0 bridgehead atoms. The van der Waals surface area contributed by atoms with Crippen molar-refractivity contribution in [3.05, 3.63) is 47.9 Å². The van der Waals surface area contributed by atoms with Gasteiger partial charge in [-0.2, -0.15) is 5.10 Å². The third kappa shape index (κ3) is 4.37. The average molecular weight is 316 g/mol. The molecule has 1 heterocycles. The zero-order chi connectivity index (χ0) is 16.7. The smallest absolute Gasteiger partial charge is 0.264 e. The highest BCUT2D eigenvalue weighted by Gasteiger charge is 2.09. The van der Waals surface area contributed by atoms with Crippen LogP contribution in [0.4, 0.5) is 0 Å². The third-order valence-corrected chi connectivity index (χ3v) is 2.86. The minimum Gasteiger partial charge on any atom is -0.507 e. The maximum absolute atomic E-state index is 11.6. The van der Waals surface area contributed by atoms with E-state index in [0.717, 1.165) is 0 Å². The van der Waals surface area contributed by atoms with Crippen LogP contribution in [0.15, 0.2) is 46.1 Å². The lowest BCUT2D eigenvalue weighted by molar-refractivity contribution is -0.116. The number of ether oxygens (including phenoxy) is 2. The maximum atomic E-state index is 11.6. The Bertz CT molecular complexity index is 720. The summed E-state index contributed by atoms with van der Waals surface area (Å²) in [5.74, 6) is 0.849. The molecule has 0 aliphatic carbocycles. The summed E-state index contributed by atoms with van der Waals surface area (Å²) in [4.78, 5) is 11.6. The first-order valence-electron chi connectivity index (χ1n) is 6.63. The van der Waals surface area contributed by atoms with Crippen molar-refractivity contribution in [1.29, 1.82) is 0 Å². The second-order valence-electron chi connectivity index (χ2n) is 4.35. The van der Waals surface area contributed by atoms with Gasteiger partial charge in [-0.15, -0.1) is 0 Å². The zero-order valence-electron chi connectivity index (χ0n) is 12.6. The van der Waals surface area contributed by atoms with Crippen LogP contribution in [0.3, 0.4) is 0 Å². The van der Waals surface area contributed by atoms with E-state index in [1.54, 1.807) is 18.2 Å². The molecule has 0 spiro atoms. The average Bonchev–Trinajstić information content (AvgIpc) is 3.07. The van der Waals surface area contributed by atoms with Crippen LogP contribution >= 0.6 is 0 Å². The SMILES string of the molecule is COc1cc(O)c(/C=N/NC(=O)/C=C\c2ccco2)c(OC)c1. The molecule has 23 heavy (non-hydrogen) atoms. The molecule has 0 aliphatic rings. The first-order chi connectivity index (χ1) is 11.1. The summed E-state index contributed by atoms with van der Waals surface area (Å²) in [5, 5.41) is 13.7. The van der Waals surface area contributed by atoms with Crippen molar-refractivity contribution in [3.63, 3.8) is 0 Å². The number of nitrogens with one attached hydrogen (secondary N) is 1. The number of benzene rings is 1. The Morgan fingerprint density at radius 3 is 2.83 bits per heavy atom. The van der Waals surface area contributed by atoms with E-state index in [1.807, 2.05) is 0 Å². The van der Waals surface area contributed by atoms with Crippen LogP contribution in [-0.4, -0.2) is 31.4 Å². The second kappa shape index (κ2) is 7.69. The zero-order valence-corrected chi connectivity index (χ0v) is 12.6. The van der Waals surface area contributed by atoms with Gasteiger partial charge >= 0.3 is 0 Å². The third-order valence-electron chi connectivity index (χ3n) is 2.86. The van der Waals surface area contributed by atoms with Crippen molar-refractivity contribution in [1.82, 2.24) is 5.43 Å². The summed E-state index contributed by atoms with van der Waals surface area (Å²) < 4.78 is 15.2. The monoisotopic (exact) mass is 316 g/mol. The molecule has 7 heteroatoms. The van der Waals surface area contributed by atoms with Gasteiger partial charge in [0.05, 0.1) is 32.3 Å². The van der Waals surface area contributed by atoms with Crippen LogP contribution < -0.4 is 14.9 Å². The molecule has 7 nitrogen and oxygen atoms in total. The molecule has 0 saturated heterocycles. The topological polar surface area (TPSA) is 93.3 Å². The van der Waals surface area contributed by atoms with Gasteiger partial charge in [0.15, 0.2) is 0 Å². The molecule has 0 radical (unpaired) electrons. The predicted octanol–water partition coefficient (Wildman–Crippen LogP) is 2.17. The number of methoxy groups -OCH3 is 2. The molecular weight excluding hydrogens is 300 g/mol. The van der Waals surface area contributed by atoms with E-state index in [2.05, 4.69) is 10.5 Å². The Morgan fingerprint density at radius 1 is 1.35 bits per heavy atom. The number of rotatable bonds is 6. The standard InChI is InChI=1S/C16H16N2O5/c1-21-12-8-14(19)13(15(9-12)22-2)10-17-18-16(20)6-5-11-4-3-7-23-11/h3-10,19H,1-2H3,(H,18,20)/b6-5-,17-10+. The van der Waals surface area contributed by atoms with Crippen molar-refractivity contribution in [2.45, 2.75) is 0 Å². The number of carbonyl (C=O) groups is 1. The van der Waals surface area contributed by atoms with Crippen LogP contribution in [0, 0.1) is 0 Å². The van der Waals surface area contributed by atoms with Crippen molar-refractivity contribution in [2.75, 3.05) is 14.2 Å². The van der Waals surface area contributed by atoms with E-state index >= 15 is 0 Å². The summed E-state index contributed by atoms with van der Waals surface area (Å²) in [6.07, 6.45) is 5.58. The molecule has 1 amide bonds. The molecule has 2 aromatic rings. The van der Waals surface area contributed by atoms with Gasteiger partial charge in [0.1, 0.15) is 23.0 Å². The van der Waals surface area contributed by atoms with Gasteiger partial charge in [-0.25, -0.2) is 5.43 Å². The number of phenols is 1. The number of hydrazone groups is 1. The Hall–Kier alpha value is -3.22. The van der Waals surface area contributed by atoms with Gasteiger partial charge < -0.3 is 19.0 Å². The van der Waals surface area contributed by atoms with E-state index in [9.17, 15) is 9.90 Å². The highest BCUT2D eigenvalue weighted by molar-refractivity contribution is 5.93. The number of amides is 1. The molecule has 0 saturated carbocycles. The minimum atomic E-state index is -0.440. The molecule has 0 unspecified atom stereocenters. The summed E-state index contributed by atoms with van der Waals surface area (Å²) in [5.41, 5.74) is 2.63. The van der Waals surface area contributed by atoms with Crippen molar-refractivity contribution >= 4 is 18.2 Å². The van der Waals surface area contributed by atoms with E-state index in [0.29, 0.717) is 22.8 Å². The van der Waals surface area contributed by atoms with Crippen molar-refractivity contribution in [2.24, 2.45) is 5.10 Å². The van der Waals surface area contributed by atoms with Crippen LogP contribution in [0.2, 0.25) is 0 Å². The quantitative estimate of drug-likeness (QED) is 0.484. The Labute approximate surface area is 132 Å². The Morgan fingerprint density at radius 2 is 2.17 bits per heavy atom. The molecular formula is C16H16N2O5. The van der Waals surface area contributed by atoms with E-state index in [1.165, 1.54) is 44.9 Å². The molecule has 120 valence electrons. The fourth-order valence-corrected chi connectivity index (χ4v) is 1.75. The fraction of sp³-hybridized carbons (Fsp3) is 0.125. The molecule has 2 N–H and O–H groups in total. The molecule has 0 aliphatic heterocycles. The molecule has 1 aromatic heterocycles. The van der Waals surface area contributed by atoms with Crippen molar-refractivity contribution < 1.29 is 23.8 Å². The number of hydrogen-bond acceptors (Lipinski definition) is 6. The van der Waals surface area contributed by atoms with Gasteiger partial charge in [-0.3, -0.25) is 4.79 Å². The normalized spacial score (nSPS) is 11.0. The van der Waals surface area contributed by atoms with E-state index < -0.39 is 5.91 Å². The van der Waals surface area contributed by atoms with E-state index in [-0.39, 0.29) is 5.75 Å². The number of furan rings is 1. The highest BCUT2D eigenvalue weighted by atomic mass is 16.5. The number of phenolic OH excluding ortho intramolecular Hbond substituents is 1. The van der Waals surface area contributed by atoms with Crippen molar-refractivity contribution in [3.8, 4) is 17.2 Å². The second-order valence-corrected chi connectivity index (χ2v) is 4.35. The molecule has 1 aromatic carbocycles. The summed E-state index contributed by atoms with van der Waals surface area (Å²) in [6, 6.07) is 6.45. The fourth-order valence-electron chi connectivity index (χ4n) is 1.75. The van der Waals surface area contributed by atoms with Gasteiger partial charge in [0, 0.05) is 18.2 Å².